The molecule has 1 N–H and O–H groups in total. The third-order valence-corrected chi connectivity index (χ3v) is 2.47. The van der Waals surface area contributed by atoms with Gasteiger partial charge in [-0.15, -0.1) is 0 Å². The number of pyridine rings is 1. The van der Waals surface area contributed by atoms with E-state index in [1.807, 2.05) is 4.90 Å². The van der Waals surface area contributed by atoms with Crippen molar-refractivity contribution in [2.24, 2.45) is 0 Å². The zero-order chi connectivity index (χ0) is 9.97. The number of halogens is 1. The Bertz CT molecular complexity index is 319. The van der Waals surface area contributed by atoms with Gasteiger partial charge in [0, 0.05) is 31.0 Å². The van der Waals surface area contributed by atoms with E-state index >= 15 is 0 Å². The molecule has 0 saturated carbocycles. The van der Waals surface area contributed by atoms with Crippen molar-refractivity contribution in [2.45, 2.75) is 18.9 Å². The molecule has 0 unspecified atom stereocenters. The smallest absolute Gasteiger partial charge is 0.214 e. The van der Waals surface area contributed by atoms with Crippen molar-refractivity contribution < 1.29 is 9.50 Å². The van der Waals surface area contributed by atoms with Crippen molar-refractivity contribution >= 4 is 5.69 Å². The van der Waals surface area contributed by atoms with Crippen molar-refractivity contribution in [3.63, 3.8) is 0 Å². The third-order valence-electron chi connectivity index (χ3n) is 2.47. The second-order valence-electron chi connectivity index (χ2n) is 3.58. The topological polar surface area (TPSA) is 36.4 Å². The van der Waals surface area contributed by atoms with Crippen molar-refractivity contribution in [1.82, 2.24) is 4.98 Å². The van der Waals surface area contributed by atoms with Crippen molar-refractivity contribution in [3.05, 3.63) is 24.3 Å². The van der Waals surface area contributed by atoms with Crippen molar-refractivity contribution in [1.29, 1.82) is 0 Å². The minimum atomic E-state index is -0.470. The number of hydrogen-bond acceptors (Lipinski definition) is 3. The molecule has 76 valence electrons. The molecule has 1 fully saturated rings. The van der Waals surface area contributed by atoms with Gasteiger partial charge >= 0.3 is 0 Å². The second-order valence-corrected chi connectivity index (χ2v) is 3.58. The number of aliphatic hydroxyl groups excluding tert-OH is 1. The van der Waals surface area contributed by atoms with E-state index in [1.54, 1.807) is 6.07 Å². The Hall–Kier alpha value is -1.16. The van der Waals surface area contributed by atoms with Crippen LogP contribution in [0.3, 0.4) is 0 Å². The van der Waals surface area contributed by atoms with E-state index in [9.17, 15) is 9.50 Å². The van der Waals surface area contributed by atoms with Crippen LogP contribution < -0.4 is 4.90 Å². The minimum Gasteiger partial charge on any atom is -0.391 e. The molecule has 4 heteroatoms. The highest BCUT2D eigenvalue weighted by Gasteiger charge is 2.17. The molecule has 2 rings (SSSR count). The third kappa shape index (κ3) is 2.01. The summed E-state index contributed by atoms with van der Waals surface area (Å²) in [6.45, 7) is 1.46. The maximum absolute atomic E-state index is 12.8. The van der Waals surface area contributed by atoms with Crippen molar-refractivity contribution in [3.8, 4) is 0 Å². The molecule has 0 bridgehead atoms. The van der Waals surface area contributed by atoms with Crippen LogP contribution in [0.1, 0.15) is 12.8 Å². The molecular formula is C10H13FN2O. The Morgan fingerprint density at radius 2 is 2.43 bits per heavy atom. The lowest BCUT2D eigenvalue weighted by Crippen LogP contribution is -2.38. The summed E-state index contributed by atoms with van der Waals surface area (Å²) >= 11 is 0. The summed E-state index contributed by atoms with van der Waals surface area (Å²) in [6, 6.07) is 3.17. The van der Waals surface area contributed by atoms with Gasteiger partial charge in [-0.3, -0.25) is 0 Å². The van der Waals surface area contributed by atoms with E-state index in [-0.39, 0.29) is 6.10 Å². The predicted molar refractivity (Wildman–Crippen MR) is 51.6 cm³/mol. The first-order valence-corrected chi connectivity index (χ1v) is 4.80. The van der Waals surface area contributed by atoms with Gasteiger partial charge in [0.1, 0.15) is 0 Å². The lowest BCUT2D eigenvalue weighted by Gasteiger charge is -2.31. The predicted octanol–water partition coefficient (Wildman–Crippen LogP) is 1.18. The average Bonchev–Trinajstić information content (AvgIpc) is 2.18. The molecular weight excluding hydrogens is 183 g/mol. The fourth-order valence-electron chi connectivity index (χ4n) is 1.78. The first-order chi connectivity index (χ1) is 6.75. The number of piperidine rings is 1. The molecule has 1 aliphatic heterocycles. The average molecular weight is 196 g/mol. The first kappa shape index (κ1) is 9.40. The minimum absolute atomic E-state index is 0.292. The Kier molecular flexibility index (Phi) is 2.63. The van der Waals surface area contributed by atoms with Crippen molar-refractivity contribution in [2.75, 3.05) is 18.0 Å². The lowest BCUT2D eigenvalue weighted by atomic mass is 10.1. The maximum atomic E-state index is 12.8. The van der Waals surface area contributed by atoms with Crippen LogP contribution in [0.4, 0.5) is 10.1 Å². The molecule has 0 amide bonds. The highest BCUT2D eigenvalue weighted by atomic mass is 19.1. The zero-order valence-corrected chi connectivity index (χ0v) is 7.86. The normalized spacial score (nSPS) is 22.4. The molecule has 1 aromatic rings. The quantitative estimate of drug-likeness (QED) is 0.685. The monoisotopic (exact) mass is 196 g/mol. The molecule has 1 atom stereocenters. The van der Waals surface area contributed by atoms with Gasteiger partial charge in [0.15, 0.2) is 0 Å². The highest BCUT2D eigenvalue weighted by Crippen LogP contribution is 2.19. The van der Waals surface area contributed by atoms with Gasteiger partial charge in [0.05, 0.1) is 6.10 Å². The van der Waals surface area contributed by atoms with Gasteiger partial charge in [-0.2, -0.15) is 4.39 Å². The molecule has 3 nitrogen and oxygen atoms in total. The highest BCUT2D eigenvalue weighted by molar-refractivity contribution is 5.45. The number of aromatic nitrogens is 1. The van der Waals surface area contributed by atoms with Gasteiger partial charge in [0.25, 0.3) is 0 Å². The number of rotatable bonds is 1. The van der Waals surface area contributed by atoms with Crippen LogP contribution in [0.25, 0.3) is 0 Å². The number of hydrogen-bond donors (Lipinski definition) is 1. The number of aliphatic hydroxyl groups is 1. The van der Waals surface area contributed by atoms with Crippen LogP contribution in [0.15, 0.2) is 18.3 Å². The molecule has 1 aliphatic rings. The fourth-order valence-corrected chi connectivity index (χ4v) is 1.78. The van der Waals surface area contributed by atoms with Crippen LogP contribution in [0.5, 0.6) is 0 Å². The summed E-state index contributed by atoms with van der Waals surface area (Å²) in [5, 5.41) is 9.46. The summed E-state index contributed by atoms with van der Waals surface area (Å²) in [7, 11) is 0. The molecule has 1 saturated heterocycles. The van der Waals surface area contributed by atoms with Crippen LogP contribution in [0.2, 0.25) is 0 Å². The van der Waals surface area contributed by atoms with Crippen LogP contribution in [-0.2, 0) is 0 Å². The van der Waals surface area contributed by atoms with Gasteiger partial charge in [-0.05, 0) is 18.9 Å². The number of β-amino-alcohol motifs (C(OH)–C–C–N with tert-alkyl or cyclic N) is 1. The summed E-state index contributed by atoms with van der Waals surface area (Å²) in [5.41, 5.74) is 0.802. The number of nitrogens with zero attached hydrogens (tertiary/aromatic N) is 2. The van der Waals surface area contributed by atoms with Crippen LogP contribution in [0, 0.1) is 5.95 Å². The lowest BCUT2D eigenvalue weighted by molar-refractivity contribution is 0.154. The maximum Gasteiger partial charge on any atom is 0.214 e. The van der Waals surface area contributed by atoms with Gasteiger partial charge < -0.3 is 10.0 Å². The first-order valence-electron chi connectivity index (χ1n) is 4.80. The Morgan fingerprint density at radius 3 is 3.14 bits per heavy atom. The second kappa shape index (κ2) is 3.92. The van der Waals surface area contributed by atoms with Gasteiger partial charge in [0.2, 0.25) is 5.95 Å². The molecule has 0 aliphatic carbocycles. The van der Waals surface area contributed by atoms with E-state index in [2.05, 4.69) is 4.98 Å². The Balaban J connectivity index is 2.14. The van der Waals surface area contributed by atoms with E-state index < -0.39 is 5.95 Å². The fraction of sp³-hybridized carbons (Fsp3) is 0.500. The largest absolute Gasteiger partial charge is 0.391 e. The van der Waals surface area contributed by atoms with Crippen LogP contribution >= 0.6 is 0 Å². The van der Waals surface area contributed by atoms with E-state index in [0.29, 0.717) is 6.54 Å². The SMILES string of the molecule is O[C@@H]1CCCN(c2ccnc(F)c2)C1. The number of anilines is 1. The van der Waals surface area contributed by atoms with Gasteiger partial charge in [-0.1, -0.05) is 0 Å². The molecule has 0 radical (unpaired) electrons. The zero-order valence-electron chi connectivity index (χ0n) is 7.86. The summed E-state index contributed by atoms with van der Waals surface area (Å²) in [4.78, 5) is 5.48. The molecule has 0 aromatic carbocycles. The Labute approximate surface area is 82.2 Å². The molecule has 2 heterocycles. The standard InChI is InChI=1S/C10H13FN2O/c11-10-6-8(3-4-12-10)13-5-1-2-9(14)7-13/h3-4,6,9,14H,1-2,5,7H2/t9-/m1/s1. The van der Waals surface area contributed by atoms with Crippen LogP contribution in [-0.4, -0.2) is 29.3 Å². The van der Waals surface area contributed by atoms with E-state index in [0.717, 1.165) is 25.1 Å². The molecule has 0 spiro atoms. The molecule has 1 aromatic heterocycles. The summed E-state index contributed by atoms with van der Waals surface area (Å²) < 4.78 is 12.8. The molecule has 14 heavy (non-hydrogen) atoms. The summed E-state index contributed by atoms with van der Waals surface area (Å²) in [6.07, 6.45) is 2.95. The van der Waals surface area contributed by atoms with Gasteiger partial charge in [-0.25, -0.2) is 4.98 Å². The van der Waals surface area contributed by atoms with E-state index in [4.69, 9.17) is 0 Å². The Morgan fingerprint density at radius 1 is 1.57 bits per heavy atom. The van der Waals surface area contributed by atoms with E-state index in [1.165, 1.54) is 12.3 Å². The summed E-state index contributed by atoms with van der Waals surface area (Å²) in [5.74, 6) is -0.470.